The van der Waals surface area contributed by atoms with E-state index in [-0.39, 0.29) is 13.2 Å². The number of hydrogen-bond donors (Lipinski definition) is 0. The second kappa shape index (κ2) is 7.06. The lowest BCUT2D eigenvalue weighted by atomic mass is 9.91. The lowest BCUT2D eigenvalue weighted by Crippen LogP contribution is -2.32. The van der Waals surface area contributed by atoms with Gasteiger partial charge in [0, 0.05) is 11.3 Å². The minimum atomic E-state index is -1.07. The molecule has 0 radical (unpaired) electrons. The highest BCUT2D eigenvalue weighted by atomic mass is 32.1. The molecule has 0 amide bonds. The van der Waals surface area contributed by atoms with Crippen molar-refractivity contribution in [3.8, 4) is 0 Å². The summed E-state index contributed by atoms with van der Waals surface area (Å²) in [5, 5.41) is 0. The maximum atomic E-state index is 11.9. The van der Waals surface area contributed by atoms with Gasteiger partial charge in [-0.15, -0.1) is 0 Å². The van der Waals surface area contributed by atoms with Crippen LogP contribution in [-0.4, -0.2) is 30.0 Å². The number of hydrogen-bond acceptors (Lipinski definition) is 5. The standard InChI is InChI=1S/C13H16O4S/c1-3-16-12(14)11(13(15)17-4-2)9-7-5-6-8-10(9)18/h5-7,11H,3-4,8H2,1-2H3. The van der Waals surface area contributed by atoms with Gasteiger partial charge >= 0.3 is 11.9 Å². The Bertz CT molecular complexity index is 391. The van der Waals surface area contributed by atoms with Gasteiger partial charge in [-0.3, -0.25) is 9.59 Å². The summed E-state index contributed by atoms with van der Waals surface area (Å²) in [6, 6.07) is 0. The molecule has 0 aromatic heterocycles. The number of ether oxygens (including phenoxy) is 2. The first-order valence-electron chi connectivity index (χ1n) is 5.85. The molecule has 0 aliphatic heterocycles. The topological polar surface area (TPSA) is 52.6 Å². The smallest absolute Gasteiger partial charge is 0.324 e. The van der Waals surface area contributed by atoms with Crippen LogP contribution in [0.5, 0.6) is 0 Å². The molecular formula is C13H16O4S. The molecule has 0 saturated heterocycles. The molecule has 0 aromatic rings. The molecule has 18 heavy (non-hydrogen) atoms. The van der Waals surface area contributed by atoms with Crippen LogP contribution in [0.3, 0.4) is 0 Å². The van der Waals surface area contributed by atoms with Crippen LogP contribution >= 0.6 is 12.2 Å². The summed E-state index contributed by atoms with van der Waals surface area (Å²) in [5.74, 6) is -2.29. The molecule has 1 rings (SSSR count). The molecule has 0 aromatic carbocycles. The van der Waals surface area contributed by atoms with Crippen LogP contribution in [0.4, 0.5) is 0 Å². The Morgan fingerprint density at radius 2 is 1.83 bits per heavy atom. The third kappa shape index (κ3) is 3.50. The van der Waals surface area contributed by atoms with Gasteiger partial charge in [0.1, 0.15) is 0 Å². The van der Waals surface area contributed by atoms with Gasteiger partial charge in [0.15, 0.2) is 5.92 Å². The summed E-state index contributed by atoms with van der Waals surface area (Å²) >= 11 is 5.18. The third-order valence-corrected chi connectivity index (χ3v) is 2.80. The molecule has 0 heterocycles. The van der Waals surface area contributed by atoms with E-state index in [0.717, 1.165) is 0 Å². The maximum absolute atomic E-state index is 11.9. The summed E-state index contributed by atoms with van der Waals surface area (Å²) in [7, 11) is 0. The lowest BCUT2D eigenvalue weighted by Gasteiger charge is -2.19. The zero-order chi connectivity index (χ0) is 13.5. The molecular weight excluding hydrogens is 252 g/mol. The van der Waals surface area contributed by atoms with E-state index in [1.165, 1.54) is 0 Å². The summed E-state index contributed by atoms with van der Waals surface area (Å²) in [5.41, 5.74) is 0.504. The molecule has 0 N–H and O–H groups in total. The van der Waals surface area contributed by atoms with Crippen LogP contribution in [0.25, 0.3) is 0 Å². The second-order valence-electron chi connectivity index (χ2n) is 3.61. The van der Waals surface area contributed by atoms with Crippen LogP contribution < -0.4 is 0 Å². The number of allylic oxidation sites excluding steroid dienone is 3. The van der Waals surface area contributed by atoms with Gasteiger partial charge in [-0.1, -0.05) is 30.4 Å². The molecule has 0 unspecified atom stereocenters. The monoisotopic (exact) mass is 268 g/mol. The van der Waals surface area contributed by atoms with E-state index in [1.807, 2.05) is 6.08 Å². The molecule has 0 fully saturated rings. The maximum Gasteiger partial charge on any atom is 0.324 e. The minimum absolute atomic E-state index is 0.213. The predicted octanol–water partition coefficient (Wildman–Crippen LogP) is 1.99. The molecule has 1 aliphatic rings. The number of rotatable bonds is 5. The average Bonchev–Trinajstić information content (AvgIpc) is 2.33. The van der Waals surface area contributed by atoms with E-state index < -0.39 is 17.9 Å². The number of carbonyl (C=O) groups is 2. The summed E-state index contributed by atoms with van der Waals surface area (Å²) in [4.78, 5) is 24.3. The van der Waals surface area contributed by atoms with Crippen molar-refractivity contribution in [2.75, 3.05) is 13.2 Å². The minimum Gasteiger partial charge on any atom is -0.465 e. The van der Waals surface area contributed by atoms with Gasteiger partial charge in [0.25, 0.3) is 0 Å². The highest BCUT2D eigenvalue weighted by Gasteiger charge is 2.35. The van der Waals surface area contributed by atoms with E-state index in [2.05, 4.69) is 0 Å². The fourth-order valence-corrected chi connectivity index (χ4v) is 1.90. The molecule has 4 nitrogen and oxygen atoms in total. The van der Waals surface area contributed by atoms with Crippen LogP contribution in [0, 0.1) is 5.92 Å². The first-order chi connectivity index (χ1) is 8.61. The number of esters is 2. The van der Waals surface area contributed by atoms with Crippen LogP contribution in [0.1, 0.15) is 20.3 Å². The van der Waals surface area contributed by atoms with Crippen LogP contribution in [0.15, 0.2) is 23.8 Å². The number of thiocarbonyl (C=S) groups is 1. The van der Waals surface area contributed by atoms with Gasteiger partial charge in [-0.05, 0) is 19.4 Å². The second-order valence-corrected chi connectivity index (χ2v) is 4.11. The summed E-state index contributed by atoms with van der Waals surface area (Å²) in [6.07, 6.45) is 5.87. The zero-order valence-corrected chi connectivity index (χ0v) is 11.3. The van der Waals surface area contributed by atoms with Crippen molar-refractivity contribution < 1.29 is 19.1 Å². The Morgan fingerprint density at radius 1 is 1.28 bits per heavy atom. The van der Waals surface area contributed by atoms with Gasteiger partial charge in [-0.25, -0.2) is 0 Å². The van der Waals surface area contributed by atoms with Crippen molar-refractivity contribution in [1.82, 2.24) is 0 Å². The normalized spacial score (nSPS) is 14.4. The predicted molar refractivity (Wildman–Crippen MR) is 71.2 cm³/mol. The van der Waals surface area contributed by atoms with E-state index in [1.54, 1.807) is 26.0 Å². The molecule has 98 valence electrons. The molecule has 5 heteroatoms. The van der Waals surface area contributed by atoms with Crippen molar-refractivity contribution in [1.29, 1.82) is 0 Å². The first kappa shape index (κ1) is 14.6. The Hall–Kier alpha value is -1.49. The van der Waals surface area contributed by atoms with E-state index in [0.29, 0.717) is 16.9 Å². The third-order valence-electron chi connectivity index (χ3n) is 2.39. The highest BCUT2D eigenvalue weighted by molar-refractivity contribution is 7.80. The van der Waals surface area contributed by atoms with Gasteiger partial charge < -0.3 is 9.47 Å². The average molecular weight is 268 g/mol. The lowest BCUT2D eigenvalue weighted by molar-refractivity contribution is -0.159. The molecule has 0 bridgehead atoms. The molecule has 0 spiro atoms. The van der Waals surface area contributed by atoms with Gasteiger partial charge in [0.05, 0.1) is 13.2 Å². The Labute approximate surface area is 112 Å². The SMILES string of the molecule is CCOC(=O)C(C(=O)OCC)C1=CC=CCC1=S. The zero-order valence-electron chi connectivity index (χ0n) is 10.5. The quantitative estimate of drug-likeness (QED) is 0.433. The Kier molecular flexibility index (Phi) is 5.71. The van der Waals surface area contributed by atoms with Crippen LogP contribution in [-0.2, 0) is 19.1 Å². The van der Waals surface area contributed by atoms with Gasteiger partial charge in [0.2, 0.25) is 0 Å². The Balaban J connectivity index is 2.99. The fraction of sp³-hybridized carbons (Fsp3) is 0.462. The fourth-order valence-electron chi connectivity index (χ4n) is 1.62. The Morgan fingerprint density at radius 3 is 2.28 bits per heavy atom. The van der Waals surface area contributed by atoms with E-state index in [4.69, 9.17) is 21.7 Å². The summed E-state index contributed by atoms with van der Waals surface area (Å²) in [6.45, 7) is 3.80. The van der Waals surface area contributed by atoms with Crippen molar-refractivity contribution in [2.24, 2.45) is 5.92 Å². The summed E-state index contributed by atoms with van der Waals surface area (Å²) < 4.78 is 9.82. The largest absolute Gasteiger partial charge is 0.465 e. The molecule has 0 saturated carbocycles. The highest BCUT2D eigenvalue weighted by Crippen LogP contribution is 2.22. The van der Waals surface area contributed by atoms with E-state index in [9.17, 15) is 9.59 Å². The van der Waals surface area contributed by atoms with Crippen molar-refractivity contribution in [3.05, 3.63) is 23.8 Å². The van der Waals surface area contributed by atoms with Crippen LogP contribution in [0.2, 0.25) is 0 Å². The first-order valence-corrected chi connectivity index (χ1v) is 6.25. The van der Waals surface area contributed by atoms with Gasteiger partial charge in [-0.2, -0.15) is 0 Å². The molecule has 0 atom stereocenters. The van der Waals surface area contributed by atoms with Crippen molar-refractivity contribution in [3.63, 3.8) is 0 Å². The van der Waals surface area contributed by atoms with E-state index >= 15 is 0 Å². The van der Waals surface area contributed by atoms with Crippen molar-refractivity contribution in [2.45, 2.75) is 20.3 Å². The molecule has 1 aliphatic carbocycles. The number of carbonyl (C=O) groups excluding carboxylic acids is 2. The van der Waals surface area contributed by atoms with Crippen molar-refractivity contribution >= 4 is 29.0 Å².